The van der Waals surface area contributed by atoms with Crippen LogP contribution < -0.4 is 10.6 Å². The fraction of sp³-hybridized carbons (Fsp3) is 0.917. The normalized spacial score (nSPS) is 32.1. The number of fused-ring (bicyclic) bond motifs is 1. The quantitative estimate of drug-likeness (QED) is 0.466. The van der Waals surface area contributed by atoms with Crippen molar-refractivity contribution in [2.45, 2.75) is 37.8 Å². The Labute approximate surface area is 123 Å². The van der Waals surface area contributed by atoms with Crippen molar-refractivity contribution in [2.75, 3.05) is 34.3 Å². The van der Waals surface area contributed by atoms with E-state index in [1.807, 2.05) is 7.05 Å². The summed E-state index contributed by atoms with van der Waals surface area (Å²) in [6, 6.07) is 1.38. The smallest absolute Gasteiger partial charge is 0.188 e. The van der Waals surface area contributed by atoms with Crippen LogP contribution in [0.15, 0.2) is 0 Å². The number of hydrogen-bond acceptors (Lipinski definition) is 4. The van der Waals surface area contributed by atoms with Crippen LogP contribution >= 0.6 is 20.7 Å². The zero-order chi connectivity index (χ0) is 13.8. The van der Waals surface area contributed by atoms with Crippen molar-refractivity contribution in [3.63, 3.8) is 0 Å². The summed E-state index contributed by atoms with van der Waals surface area (Å²) >= 11 is 5.04. The van der Waals surface area contributed by atoms with Crippen molar-refractivity contribution in [3.8, 4) is 0 Å². The van der Waals surface area contributed by atoms with Crippen molar-refractivity contribution in [2.24, 2.45) is 0 Å². The SMILES string of the molecule is CNC(=S)NCCOP1N(C)C2CCCCC2N1C. The molecule has 1 aliphatic heterocycles. The van der Waals surface area contributed by atoms with E-state index >= 15 is 0 Å². The minimum Gasteiger partial charge on any atom is -0.366 e. The summed E-state index contributed by atoms with van der Waals surface area (Å²) in [5.41, 5.74) is 0. The van der Waals surface area contributed by atoms with Gasteiger partial charge >= 0.3 is 0 Å². The summed E-state index contributed by atoms with van der Waals surface area (Å²) in [5.74, 6) is 0. The van der Waals surface area contributed by atoms with Gasteiger partial charge in [0.05, 0.1) is 6.61 Å². The molecule has 1 aliphatic carbocycles. The Morgan fingerprint density at radius 1 is 1.26 bits per heavy atom. The third-order valence-corrected chi connectivity index (χ3v) is 6.45. The maximum Gasteiger partial charge on any atom is 0.188 e. The third kappa shape index (κ3) is 3.56. The molecular formula is C12H25N4OPS. The molecule has 0 aromatic heterocycles. The fourth-order valence-corrected chi connectivity index (χ4v) is 5.21. The molecule has 2 rings (SSSR count). The highest BCUT2D eigenvalue weighted by atomic mass is 32.1. The number of likely N-dealkylation sites (N-methyl/N-ethyl adjacent to an activating group) is 2. The minimum absolute atomic E-state index is 0.590. The molecule has 19 heavy (non-hydrogen) atoms. The molecular weight excluding hydrogens is 279 g/mol. The molecule has 0 amide bonds. The molecule has 0 bridgehead atoms. The molecule has 2 fully saturated rings. The van der Waals surface area contributed by atoms with Gasteiger partial charge in [0.1, 0.15) is 0 Å². The van der Waals surface area contributed by atoms with E-state index in [-0.39, 0.29) is 0 Å². The highest BCUT2D eigenvalue weighted by Gasteiger charge is 2.45. The number of rotatable bonds is 4. The summed E-state index contributed by atoms with van der Waals surface area (Å²) in [5, 5.41) is 6.70. The van der Waals surface area contributed by atoms with Gasteiger partial charge < -0.3 is 15.2 Å². The van der Waals surface area contributed by atoms with Gasteiger partial charge in [0.15, 0.2) is 13.6 Å². The molecule has 1 heterocycles. The fourth-order valence-electron chi connectivity index (χ4n) is 3.00. The standard InChI is InChI=1S/C12H25N4OPS/c1-13-12(19)14-8-9-17-18-15(2)10-6-4-5-7-11(10)16(18)3/h10-11H,4-9H2,1-3H3,(H2,13,14,19). The second kappa shape index (κ2) is 7.14. The third-order valence-electron chi connectivity index (χ3n) is 4.02. The summed E-state index contributed by atoms with van der Waals surface area (Å²) in [6.07, 6.45) is 5.35. The van der Waals surface area contributed by atoms with Crippen LogP contribution in [0.25, 0.3) is 0 Å². The Kier molecular flexibility index (Phi) is 5.78. The summed E-state index contributed by atoms with van der Waals surface area (Å²) in [4.78, 5) is 0. The average Bonchev–Trinajstić information content (AvgIpc) is 2.68. The zero-order valence-corrected chi connectivity index (χ0v) is 13.8. The predicted molar refractivity (Wildman–Crippen MR) is 84.1 cm³/mol. The van der Waals surface area contributed by atoms with Gasteiger partial charge in [0, 0.05) is 25.7 Å². The van der Waals surface area contributed by atoms with Gasteiger partial charge in [-0.2, -0.15) is 0 Å². The first kappa shape index (κ1) is 15.4. The lowest BCUT2D eigenvalue weighted by Gasteiger charge is -2.28. The van der Waals surface area contributed by atoms with Crippen LogP contribution in [0.2, 0.25) is 0 Å². The molecule has 7 heteroatoms. The highest BCUT2D eigenvalue weighted by molar-refractivity contribution is 7.80. The molecule has 1 saturated heterocycles. The number of nitrogens with zero attached hydrogens (tertiary/aromatic N) is 2. The number of hydrogen-bond donors (Lipinski definition) is 2. The van der Waals surface area contributed by atoms with Gasteiger partial charge in [-0.15, -0.1) is 0 Å². The highest BCUT2D eigenvalue weighted by Crippen LogP contribution is 2.55. The van der Waals surface area contributed by atoms with Gasteiger partial charge in [-0.25, -0.2) is 9.34 Å². The van der Waals surface area contributed by atoms with Crippen molar-refractivity contribution in [1.82, 2.24) is 20.0 Å². The van der Waals surface area contributed by atoms with E-state index in [9.17, 15) is 0 Å². The van der Waals surface area contributed by atoms with Gasteiger partial charge in [-0.1, -0.05) is 12.8 Å². The molecule has 2 atom stereocenters. The first-order valence-electron chi connectivity index (χ1n) is 6.99. The zero-order valence-electron chi connectivity index (χ0n) is 12.1. The Morgan fingerprint density at radius 3 is 2.37 bits per heavy atom. The molecule has 2 N–H and O–H groups in total. The lowest BCUT2D eigenvalue weighted by Crippen LogP contribution is -2.37. The van der Waals surface area contributed by atoms with Gasteiger partial charge in [-0.3, -0.25) is 0 Å². The summed E-state index contributed by atoms with van der Waals surface area (Å²) in [6.45, 7) is 1.46. The van der Waals surface area contributed by atoms with Gasteiger partial charge in [0.2, 0.25) is 0 Å². The Hall–Kier alpha value is -0.0000000000000000416. The van der Waals surface area contributed by atoms with E-state index in [1.54, 1.807) is 0 Å². The summed E-state index contributed by atoms with van der Waals surface area (Å²) < 4.78 is 11.0. The Morgan fingerprint density at radius 2 is 1.84 bits per heavy atom. The molecule has 0 aromatic rings. The predicted octanol–water partition coefficient (Wildman–Crippen LogP) is 1.51. The van der Waals surface area contributed by atoms with Gasteiger partial charge in [-0.05, 0) is 39.2 Å². The summed E-state index contributed by atoms with van der Waals surface area (Å²) in [7, 11) is 5.66. The van der Waals surface area contributed by atoms with Crippen molar-refractivity contribution in [1.29, 1.82) is 0 Å². The van der Waals surface area contributed by atoms with Crippen LogP contribution in [0, 0.1) is 0 Å². The van der Waals surface area contributed by atoms with E-state index in [2.05, 4.69) is 34.1 Å². The monoisotopic (exact) mass is 304 g/mol. The first-order valence-corrected chi connectivity index (χ1v) is 8.56. The van der Waals surface area contributed by atoms with Crippen LogP contribution in [0.4, 0.5) is 0 Å². The lowest BCUT2D eigenvalue weighted by molar-refractivity contribution is 0.233. The largest absolute Gasteiger partial charge is 0.366 e. The van der Waals surface area contributed by atoms with Crippen LogP contribution in [0.1, 0.15) is 25.7 Å². The Balaban J connectivity index is 1.78. The maximum absolute atomic E-state index is 6.08. The van der Waals surface area contributed by atoms with Crippen LogP contribution in [-0.2, 0) is 4.52 Å². The van der Waals surface area contributed by atoms with Crippen molar-refractivity contribution in [3.05, 3.63) is 0 Å². The first-order chi connectivity index (χ1) is 9.15. The van der Waals surface area contributed by atoms with Crippen molar-refractivity contribution < 1.29 is 4.52 Å². The van der Waals surface area contributed by atoms with Crippen LogP contribution in [-0.4, -0.2) is 60.8 Å². The minimum atomic E-state index is -0.590. The molecule has 2 unspecified atom stereocenters. The van der Waals surface area contributed by atoms with Crippen LogP contribution in [0.5, 0.6) is 0 Å². The molecule has 1 saturated carbocycles. The molecule has 110 valence electrons. The molecule has 0 spiro atoms. The van der Waals surface area contributed by atoms with E-state index in [0.29, 0.717) is 23.8 Å². The van der Waals surface area contributed by atoms with E-state index in [4.69, 9.17) is 16.7 Å². The second-order valence-electron chi connectivity index (χ2n) is 5.16. The van der Waals surface area contributed by atoms with Gasteiger partial charge in [0.25, 0.3) is 0 Å². The van der Waals surface area contributed by atoms with E-state index in [1.165, 1.54) is 25.7 Å². The van der Waals surface area contributed by atoms with E-state index in [0.717, 1.165) is 6.54 Å². The number of nitrogens with one attached hydrogen (secondary N) is 2. The average molecular weight is 304 g/mol. The molecule has 2 aliphatic rings. The number of thiocarbonyl (C=S) groups is 1. The van der Waals surface area contributed by atoms with Crippen LogP contribution in [0.3, 0.4) is 0 Å². The Bertz CT molecular complexity index is 302. The maximum atomic E-state index is 6.08. The molecule has 0 aromatic carbocycles. The van der Waals surface area contributed by atoms with Crippen molar-refractivity contribution >= 4 is 25.8 Å². The topological polar surface area (TPSA) is 39.8 Å². The molecule has 0 radical (unpaired) electrons. The molecule has 5 nitrogen and oxygen atoms in total. The second-order valence-corrected chi connectivity index (χ2v) is 7.59. The van der Waals surface area contributed by atoms with E-state index < -0.39 is 8.45 Å². The lowest BCUT2D eigenvalue weighted by atomic mass is 9.91.